The molecule has 0 bridgehead atoms. The third-order valence-electron chi connectivity index (χ3n) is 5.61. The molecule has 2 amide bonds. The molecule has 1 aliphatic rings. The van der Waals surface area contributed by atoms with Gasteiger partial charge in [-0.15, -0.1) is 11.3 Å². The summed E-state index contributed by atoms with van der Waals surface area (Å²) in [6.45, 7) is 5.30. The van der Waals surface area contributed by atoms with Crippen LogP contribution in [0.1, 0.15) is 51.5 Å². The van der Waals surface area contributed by atoms with E-state index in [2.05, 4.69) is 30.5 Å². The minimum absolute atomic E-state index is 0.0338. The molecule has 1 aliphatic heterocycles. The van der Waals surface area contributed by atoms with Crippen LogP contribution in [-0.2, 0) is 11.2 Å². The number of carbonyl (C=O) groups is 2. The molecular formula is C24H26N2O3S. The van der Waals surface area contributed by atoms with Crippen molar-refractivity contribution in [3.8, 4) is 0 Å². The Morgan fingerprint density at radius 2 is 2.00 bits per heavy atom. The van der Waals surface area contributed by atoms with E-state index in [1.165, 1.54) is 16.7 Å². The summed E-state index contributed by atoms with van der Waals surface area (Å²) in [4.78, 5) is 31.2. The fourth-order valence-corrected chi connectivity index (χ4v) is 5.05. The van der Waals surface area contributed by atoms with Crippen molar-refractivity contribution in [3.05, 3.63) is 81.4 Å². The standard InChI is InChI=1S/C24H26N2O3S/c1-3-12-25(24(28)20-9-6-14-29-20)16-22(27)26-13-10-21-19(11-15-30-21)23(26)18-8-5-4-7-17(18)2/h4-9,11,14-15,23H,3,10,12-13,16H2,1-2H3/t23-/m0/s1. The average molecular weight is 423 g/mol. The Bertz CT molecular complexity index is 1020. The molecule has 0 unspecified atom stereocenters. The van der Waals surface area contributed by atoms with Crippen molar-refractivity contribution in [2.45, 2.75) is 32.7 Å². The molecule has 0 spiro atoms. The minimum atomic E-state index is -0.240. The van der Waals surface area contributed by atoms with Gasteiger partial charge in [0.25, 0.3) is 5.91 Å². The zero-order valence-corrected chi connectivity index (χ0v) is 18.2. The lowest BCUT2D eigenvalue weighted by Crippen LogP contribution is -2.47. The van der Waals surface area contributed by atoms with Crippen molar-refractivity contribution in [3.63, 3.8) is 0 Å². The topological polar surface area (TPSA) is 53.8 Å². The molecule has 4 rings (SSSR count). The second-order valence-electron chi connectivity index (χ2n) is 7.60. The number of rotatable bonds is 6. The van der Waals surface area contributed by atoms with Crippen LogP contribution in [0.5, 0.6) is 0 Å². The normalized spacial score (nSPS) is 15.7. The van der Waals surface area contributed by atoms with Crippen molar-refractivity contribution < 1.29 is 14.0 Å². The van der Waals surface area contributed by atoms with Gasteiger partial charge in [-0.3, -0.25) is 9.59 Å². The number of carbonyl (C=O) groups excluding carboxylic acids is 2. The van der Waals surface area contributed by atoms with Crippen LogP contribution in [0.15, 0.2) is 58.5 Å². The third kappa shape index (κ3) is 3.92. The molecule has 3 heterocycles. The highest BCUT2D eigenvalue weighted by Gasteiger charge is 2.34. The van der Waals surface area contributed by atoms with E-state index in [-0.39, 0.29) is 30.2 Å². The van der Waals surface area contributed by atoms with E-state index < -0.39 is 0 Å². The van der Waals surface area contributed by atoms with Gasteiger partial charge >= 0.3 is 0 Å². The number of fused-ring (bicyclic) bond motifs is 1. The smallest absolute Gasteiger partial charge is 0.290 e. The van der Waals surface area contributed by atoms with Gasteiger partial charge in [-0.2, -0.15) is 0 Å². The van der Waals surface area contributed by atoms with Crippen LogP contribution < -0.4 is 0 Å². The average Bonchev–Trinajstić information content (AvgIpc) is 3.44. The number of furan rings is 1. The summed E-state index contributed by atoms with van der Waals surface area (Å²) in [6.07, 6.45) is 3.10. The first-order valence-electron chi connectivity index (χ1n) is 10.3. The summed E-state index contributed by atoms with van der Waals surface area (Å²) >= 11 is 1.75. The predicted octanol–water partition coefficient (Wildman–Crippen LogP) is 4.68. The highest BCUT2D eigenvalue weighted by Crippen LogP contribution is 2.39. The van der Waals surface area contributed by atoms with E-state index in [1.807, 2.05) is 24.0 Å². The van der Waals surface area contributed by atoms with Crippen molar-refractivity contribution >= 4 is 23.2 Å². The van der Waals surface area contributed by atoms with Gasteiger partial charge in [0.15, 0.2) is 5.76 Å². The molecule has 5 nitrogen and oxygen atoms in total. The number of thiophene rings is 1. The fraction of sp³-hybridized carbons (Fsp3) is 0.333. The first-order chi connectivity index (χ1) is 14.6. The highest BCUT2D eigenvalue weighted by molar-refractivity contribution is 7.10. The van der Waals surface area contributed by atoms with E-state index >= 15 is 0 Å². The van der Waals surface area contributed by atoms with Crippen LogP contribution in [-0.4, -0.2) is 41.2 Å². The van der Waals surface area contributed by atoms with E-state index in [0.717, 1.165) is 24.0 Å². The van der Waals surface area contributed by atoms with Crippen LogP contribution in [0.25, 0.3) is 0 Å². The summed E-state index contributed by atoms with van der Waals surface area (Å²) in [7, 11) is 0. The van der Waals surface area contributed by atoms with Crippen LogP contribution in [0, 0.1) is 6.92 Å². The van der Waals surface area contributed by atoms with Crippen LogP contribution in [0.4, 0.5) is 0 Å². The lowest BCUT2D eigenvalue weighted by molar-refractivity contribution is -0.134. The molecule has 1 aromatic carbocycles. The van der Waals surface area contributed by atoms with Gasteiger partial charge in [0, 0.05) is 18.0 Å². The van der Waals surface area contributed by atoms with Crippen molar-refractivity contribution in [1.82, 2.24) is 9.80 Å². The SMILES string of the molecule is CCCN(CC(=O)N1CCc2sccc2[C@@H]1c1ccccc1C)C(=O)c1ccco1. The van der Waals surface area contributed by atoms with Gasteiger partial charge in [-0.05, 0) is 60.0 Å². The van der Waals surface area contributed by atoms with Crippen molar-refractivity contribution in [2.75, 3.05) is 19.6 Å². The van der Waals surface area contributed by atoms with E-state index in [9.17, 15) is 9.59 Å². The van der Waals surface area contributed by atoms with Gasteiger partial charge in [0.2, 0.25) is 5.91 Å². The zero-order valence-electron chi connectivity index (χ0n) is 17.3. The molecule has 2 aromatic heterocycles. The third-order valence-corrected chi connectivity index (χ3v) is 6.60. The molecule has 0 fully saturated rings. The number of nitrogens with zero attached hydrogens (tertiary/aromatic N) is 2. The van der Waals surface area contributed by atoms with Crippen molar-refractivity contribution in [1.29, 1.82) is 0 Å². The largest absolute Gasteiger partial charge is 0.459 e. The summed E-state index contributed by atoms with van der Waals surface area (Å²) < 4.78 is 5.28. The molecule has 0 radical (unpaired) electrons. The predicted molar refractivity (Wildman–Crippen MR) is 118 cm³/mol. The van der Waals surface area contributed by atoms with Gasteiger partial charge in [-0.1, -0.05) is 31.2 Å². The molecule has 0 N–H and O–H groups in total. The first kappa shape index (κ1) is 20.4. The zero-order chi connectivity index (χ0) is 21.1. The molecule has 156 valence electrons. The summed E-state index contributed by atoms with van der Waals surface area (Å²) in [5.41, 5.74) is 3.51. The molecular weight excluding hydrogens is 396 g/mol. The summed E-state index contributed by atoms with van der Waals surface area (Å²) in [5.74, 6) is -0.00481. The molecule has 1 atom stereocenters. The van der Waals surface area contributed by atoms with Gasteiger partial charge in [0.05, 0.1) is 12.3 Å². The second-order valence-corrected chi connectivity index (χ2v) is 8.60. The fourth-order valence-electron chi connectivity index (χ4n) is 4.15. The monoisotopic (exact) mass is 422 g/mol. The number of benzene rings is 1. The molecule has 30 heavy (non-hydrogen) atoms. The van der Waals surface area contributed by atoms with E-state index in [4.69, 9.17) is 4.42 Å². The Balaban J connectivity index is 1.63. The van der Waals surface area contributed by atoms with Gasteiger partial charge in [0.1, 0.15) is 6.54 Å². The van der Waals surface area contributed by atoms with E-state index in [0.29, 0.717) is 13.1 Å². The number of hydrogen-bond acceptors (Lipinski definition) is 4. The van der Waals surface area contributed by atoms with Gasteiger partial charge < -0.3 is 14.2 Å². The van der Waals surface area contributed by atoms with Crippen molar-refractivity contribution in [2.24, 2.45) is 0 Å². The maximum Gasteiger partial charge on any atom is 0.290 e. The van der Waals surface area contributed by atoms with Gasteiger partial charge in [-0.25, -0.2) is 0 Å². The lowest BCUT2D eigenvalue weighted by Gasteiger charge is -2.38. The number of hydrogen-bond donors (Lipinski definition) is 0. The summed E-state index contributed by atoms with van der Waals surface area (Å²) in [6, 6.07) is 13.6. The molecule has 0 aliphatic carbocycles. The quantitative estimate of drug-likeness (QED) is 0.580. The Hall–Kier alpha value is -2.86. The molecule has 0 saturated carbocycles. The maximum absolute atomic E-state index is 13.5. The van der Waals surface area contributed by atoms with E-state index in [1.54, 1.807) is 28.4 Å². The molecule has 6 heteroatoms. The highest BCUT2D eigenvalue weighted by atomic mass is 32.1. The number of aryl methyl sites for hydroxylation is 1. The summed E-state index contributed by atoms with van der Waals surface area (Å²) in [5, 5.41) is 2.10. The lowest BCUT2D eigenvalue weighted by atomic mass is 9.90. The minimum Gasteiger partial charge on any atom is -0.459 e. The Morgan fingerprint density at radius 1 is 1.17 bits per heavy atom. The first-order valence-corrected chi connectivity index (χ1v) is 11.2. The molecule has 0 saturated heterocycles. The second kappa shape index (κ2) is 8.88. The van der Waals surface area contributed by atoms with Crippen LogP contribution in [0.3, 0.4) is 0 Å². The van der Waals surface area contributed by atoms with Crippen LogP contribution >= 0.6 is 11.3 Å². The Labute approximate surface area is 180 Å². The maximum atomic E-state index is 13.5. The van der Waals surface area contributed by atoms with Crippen LogP contribution in [0.2, 0.25) is 0 Å². The molecule has 3 aromatic rings. The Kier molecular flexibility index (Phi) is 6.04. The Morgan fingerprint density at radius 3 is 2.73 bits per heavy atom. The number of amides is 2.